The lowest BCUT2D eigenvalue weighted by molar-refractivity contribution is 0.0528. The first-order chi connectivity index (χ1) is 7.77. The topological polar surface area (TPSA) is 68.5 Å². The maximum Gasteiger partial charge on any atom is 0.342 e. The maximum absolute atomic E-state index is 11.6. The third-order valence-electron chi connectivity index (χ3n) is 2.15. The van der Waals surface area contributed by atoms with Gasteiger partial charge in [-0.25, -0.2) is 9.78 Å². The number of ether oxygens (including phenoxy) is 1. The molecule has 16 heavy (non-hydrogen) atoms. The van der Waals surface area contributed by atoms with Crippen molar-refractivity contribution in [2.45, 2.75) is 6.92 Å². The van der Waals surface area contributed by atoms with E-state index in [-0.39, 0.29) is 5.97 Å². The van der Waals surface area contributed by atoms with Gasteiger partial charge in [0.15, 0.2) is 5.65 Å². The molecule has 0 spiro atoms. The average Bonchev–Trinajstić information content (AvgIpc) is 2.71. The van der Waals surface area contributed by atoms with E-state index in [9.17, 15) is 4.79 Å². The Hall–Kier alpha value is -2.11. The number of hydrogen-bond donors (Lipinski definition) is 1. The van der Waals surface area contributed by atoms with Gasteiger partial charge in [-0.05, 0) is 13.0 Å². The molecule has 2 aromatic heterocycles. The first kappa shape index (κ1) is 10.4. The number of rotatable bonds is 3. The van der Waals surface area contributed by atoms with Crippen LogP contribution in [0.1, 0.15) is 17.3 Å². The van der Waals surface area contributed by atoms with Crippen molar-refractivity contribution < 1.29 is 9.53 Å². The summed E-state index contributed by atoms with van der Waals surface area (Å²) in [5.41, 5.74) is 0.906. The van der Waals surface area contributed by atoms with Crippen LogP contribution in [0.3, 0.4) is 0 Å². The maximum atomic E-state index is 11.6. The summed E-state index contributed by atoms with van der Waals surface area (Å²) in [5, 5.41) is 7.03. The molecule has 1 N–H and O–H groups in total. The smallest absolute Gasteiger partial charge is 0.342 e. The highest BCUT2D eigenvalue weighted by atomic mass is 16.5. The molecule has 0 unspecified atom stereocenters. The number of anilines is 1. The highest BCUT2D eigenvalue weighted by Crippen LogP contribution is 2.14. The number of hydrogen-bond acceptors (Lipinski definition) is 5. The molecule has 2 aromatic rings. The van der Waals surface area contributed by atoms with Crippen molar-refractivity contribution in [1.29, 1.82) is 0 Å². The van der Waals surface area contributed by atoms with Crippen molar-refractivity contribution in [2.75, 3.05) is 19.0 Å². The minimum Gasteiger partial charge on any atom is -0.462 e. The first-order valence-electron chi connectivity index (χ1n) is 4.95. The zero-order chi connectivity index (χ0) is 11.5. The van der Waals surface area contributed by atoms with E-state index in [0.29, 0.717) is 17.8 Å². The second-order valence-corrected chi connectivity index (χ2v) is 3.09. The quantitative estimate of drug-likeness (QED) is 0.780. The lowest BCUT2D eigenvalue weighted by atomic mass is 10.3. The fourth-order valence-corrected chi connectivity index (χ4v) is 1.43. The molecular formula is C10H12N4O2. The molecule has 0 aliphatic heterocycles. The van der Waals surface area contributed by atoms with Crippen LogP contribution >= 0.6 is 0 Å². The van der Waals surface area contributed by atoms with Gasteiger partial charge in [-0.3, -0.25) is 0 Å². The molecule has 0 saturated carbocycles. The van der Waals surface area contributed by atoms with Gasteiger partial charge in [0.2, 0.25) is 0 Å². The molecule has 0 fully saturated rings. The fourth-order valence-electron chi connectivity index (χ4n) is 1.43. The lowest BCUT2D eigenvalue weighted by Crippen LogP contribution is -2.08. The molecule has 6 heteroatoms. The zero-order valence-electron chi connectivity index (χ0n) is 9.10. The number of esters is 1. The first-order valence-corrected chi connectivity index (χ1v) is 4.95. The Morgan fingerprint density at radius 1 is 1.62 bits per heavy atom. The molecule has 0 amide bonds. The van der Waals surface area contributed by atoms with Crippen LogP contribution in [0, 0.1) is 0 Å². The van der Waals surface area contributed by atoms with Gasteiger partial charge in [0.25, 0.3) is 0 Å². The van der Waals surface area contributed by atoms with E-state index in [2.05, 4.69) is 15.4 Å². The second kappa shape index (κ2) is 4.18. The van der Waals surface area contributed by atoms with Crippen LogP contribution in [0.5, 0.6) is 0 Å². The summed E-state index contributed by atoms with van der Waals surface area (Å²) in [6.07, 6.45) is 3.16. The van der Waals surface area contributed by atoms with Gasteiger partial charge < -0.3 is 10.1 Å². The molecule has 0 aliphatic rings. The van der Waals surface area contributed by atoms with Gasteiger partial charge in [-0.1, -0.05) is 0 Å². The summed E-state index contributed by atoms with van der Waals surface area (Å²) in [7, 11) is 1.77. The minimum atomic E-state index is -0.386. The Labute approximate surface area is 92.2 Å². The molecule has 0 atom stereocenters. The van der Waals surface area contributed by atoms with Crippen LogP contribution in [0.2, 0.25) is 0 Å². The number of fused-ring (bicyclic) bond motifs is 1. The molecule has 0 saturated heterocycles. The Balaban J connectivity index is 2.54. The van der Waals surface area contributed by atoms with Crippen LogP contribution in [0.25, 0.3) is 5.65 Å². The third kappa shape index (κ3) is 1.58. The van der Waals surface area contributed by atoms with Crippen molar-refractivity contribution >= 4 is 17.4 Å². The van der Waals surface area contributed by atoms with E-state index in [0.717, 1.165) is 5.82 Å². The van der Waals surface area contributed by atoms with Gasteiger partial charge >= 0.3 is 5.97 Å². The summed E-state index contributed by atoms with van der Waals surface area (Å²) in [6.45, 7) is 2.10. The molecule has 0 radical (unpaired) electrons. The lowest BCUT2D eigenvalue weighted by Gasteiger charge is -2.03. The predicted octanol–water partition coefficient (Wildman–Crippen LogP) is 0.948. The van der Waals surface area contributed by atoms with Crippen LogP contribution in [-0.4, -0.2) is 34.2 Å². The number of carbonyl (C=O) groups is 1. The van der Waals surface area contributed by atoms with E-state index in [4.69, 9.17) is 4.74 Å². The summed E-state index contributed by atoms with van der Waals surface area (Å²) in [6, 6.07) is 1.60. The average molecular weight is 220 g/mol. The molecule has 2 rings (SSSR count). The van der Waals surface area contributed by atoms with E-state index in [1.54, 1.807) is 36.9 Å². The summed E-state index contributed by atoms with van der Waals surface area (Å²) >= 11 is 0. The highest BCUT2D eigenvalue weighted by Gasteiger charge is 2.14. The van der Waals surface area contributed by atoms with Gasteiger partial charge in [0.05, 0.1) is 12.8 Å². The Morgan fingerprint density at radius 3 is 3.12 bits per heavy atom. The van der Waals surface area contributed by atoms with E-state index in [1.807, 2.05) is 0 Å². The predicted molar refractivity (Wildman–Crippen MR) is 58.5 cm³/mol. The second-order valence-electron chi connectivity index (χ2n) is 3.09. The third-order valence-corrected chi connectivity index (χ3v) is 2.15. The summed E-state index contributed by atoms with van der Waals surface area (Å²) < 4.78 is 6.50. The van der Waals surface area contributed by atoms with Crippen LogP contribution in [-0.2, 0) is 4.74 Å². The molecular weight excluding hydrogens is 208 g/mol. The monoisotopic (exact) mass is 220 g/mol. The Morgan fingerprint density at radius 2 is 2.44 bits per heavy atom. The number of nitrogens with zero attached hydrogens (tertiary/aromatic N) is 3. The van der Waals surface area contributed by atoms with Crippen LogP contribution in [0.4, 0.5) is 5.82 Å². The molecule has 2 heterocycles. The van der Waals surface area contributed by atoms with Gasteiger partial charge in [0.1, 0.15) is 11.4 Å². The molecule has 0 aromatic carbocycles. The summed E-state index contributed by atoms with van der Waals surface area (Å²) in [5.74, 6) is 0.337. The standard InChI is InChI=1S/C10H12N4O2/c1-3-16-10(15)7-4-5-13-14-8(11-2)6-12-9(7)14/h4-6,11H,3H2,1-2H3. The normalized spacial score (nSPS) is 10.4. The number of aromatic nitrogens is 3. The van der Waals surface area contributed by atoms with E-state index in [1.165, 1.54) is 0 Å². The minimum absolute atomic E-state index is 0.340. The number of imidazole rings is 1. The van der Waals surface area contributed by atoms with Crippen LogP contribution < -0.4 is 5.32 Å². The Kier molecular flexibility index (Phi) is 2.72. The summed E-state index contributed by atoms with van der Waals surface area (Å²) in [4.78, 5) is 15.8. The van der Waals surface area contributed by atoms with Crippen molar-refractivity contribution in [3.05, 3.63) is 24.0 Å². The van der Waals surface area contributed by atoms with Gasteiger partial charge in [0, 0.05) is 13.2 Å². The highest BCUT2D eigenvalue weighted by molar-refractivity contribution is 5.95. The largest absolute Gasteiger partial charge is 0.462 e. The van der Waals surface area contributed by atoms with Crippen molar-refractivity contribution in [3.63, 3.8) is 0 Å². The molecule has 0 bridgehead atoms. The van der Waals surface area contributed by atoms with Crippen molar-refractivity contribution in [1.82, 2.24) is 14.6 Å². The van der Waals surface area contributed by atoms with Crippen molar-refractivity contribution in [3.8, 4) is 0 Å². The van der Waals surface area contributed by atoms with Crippen LogP contribution in [0.15, 0.2) is 18.5 Å². The fraction of sp³-hybridized carbons (Fsp3) is 0.300. The van der Waals surface area contributed by atoms with E-state index >= 15 is 0 Å². The molecule has 84 valence electrons. The number of carbonyl (C=O) groups excluding carboxylic acids is 1. The van der Waals surface area contributed by atoms with E-state index < -0.39 is 0 Å². The Bertz CT molecular complexity index is 521. The molecule has 6 nitrogen and oxygen atoms in total. The zero-order valence-corrected chi connectivity index (χ0v) is 9.10. The van der Waals surface area contributed by atoms with Gasteiger partial charge in [-0.15, -0.1) is 0 Å². The van der Waals surface area contributed by atoms with Gasteiger partial charge in [-0.2, -0.15) is 9.61 Å². The molecule has 0 aliphatic carbocycles. The van der Waals surface area contributed by atoms with Crippen molar-refractivity contribution in [2.24, 2.45) is 0 Å². The number of nitrogens with one attached hydrogen (secondary N) is 1. The SMILES string of the molecule is CCOC(=O)c1ccnn2c(NC)cnc12.